The highest BCUT2D eigenvalue weighted by Crippen LogP contribution is 2.30. The van der Waals surface area contributed by atoms with Gasteiger partial charge >= 0.3 is 0 Å². The molecule has 0 amide bonds. The number of nitrogens with zero attached hydrogens (tertiary/aromatic N) is 1. The monoisotopic (exact) mass is 301 g/mol. The number of rotatable bonds is 6. The van der Waals surface area contributed by atoms with Crippen LogP contribution in [0.3, 0.4) is 0 Å². The molecule has 1 aliphatic rings. The fourth-order valence-electron chi connectivity index (χ4n) is 3.37. The zero-order valence-corrected chi connectivity index (χ0v) is 13.7. The van der Waals surface area contributed by atoms with Gasteiger partial charge in [0.1, 0.15) is 11.9 Å². The maximum atomic E-state index is 6.32. The van der Waals surface area contributed by atoms with E-state index in [9.17, 15) is 0 Å². The van der Waals surface area contributed by atoms with Crippen molar-refractivity contribution in [3.63, 3.8) is 0 Å². The summed E-state index contributed by atoms with van der Waals surface area (Å²) in [6, 6.07) is 4.75. The van der Waals surface area contributed by atoms with Crippen LogP contribution in [0, 0.1) is 6.92 Å². The highest BCUT2D eigenvalue weighted by molar-refractivity contribution is 5.83. The summed E-state index contributed by atoms with van der Waals surface area (Å²) in [6.07, 6.45) is 9.54. The lowest BCUT2D eigenvalue weighted by Crippen LogP contribution is -2.38. The van der Waals surface area contributed by atoms with Crippen LogP contribution in [0.2, 0.25) is 0 Å². The van der Waals surface area contributed by atoms with Crippen LogP contribution in [0.4, 0.5) is 0 Å². The summed E-state index contributed by atoms with van der Waals surface area (Å²) in [5.74, 6) is 1.01. The number of benzene rings is 1. The Morgan fingerprint density at radius 2 is 2.27 bits per heavy atom. The summed E-state index contributed by atoms with van der Waals surface area (Å²) in [4.78, 5) is 0. The zero-order chi connectivity index (χ0) is 15.4. The minimum Gasteiger partial charge on any atom is -0.490 e. The molecule has 2 unspecified atom stereocenters. The number of H-pyrrole nitrogens is 1. The summed E-state index contributed by atoms with van der Waals surface area (Å²) < 4.78 is 6.32. The van der Waals surface area contributed by atoms with E-state index in [1.807, 2.05) is 6.20 Å². The number of aromatic amines is 1. The Morgan fingerprint density at radius 3 is 3.14 bits per heavy atom. The van der Waals surface area contributed by atoms with Crippen molar-refractivity contribution in [1.82, 2.24) is 15.5 Å². The molecule has 1 saturated carbocycles. The van der Waals surface area contributed by atoms with E-state index >= 15 is 0 Å². The van der Waals surface area contributed by atoms with E-state index in [2.05, 4.69) is 41.5 Å². The lowest BCUT2D eigenvalue weighted by atomic mass is 9.92. The van der Waals surface area contributed by atoms with Crippen LogP contribution in [-0.4, -0.2) is 28.9 Å². The van der Waals surface area contributed by atoms with Crippen molar-refractivity contribution in [2.75, 3.05) is 6.54 Å². The summed E-state index contributed by atoms with van der Waals surface area (Å²) in [7, 11) is 0. The third kappa shape index (κ3) is 3.43. The van der Waals surface area contributed by atoms with Gasteiger partial charge in [-0.25, -0.2) is 0 Å². The number of fused-ring (bicyclic) bond motifs is 1. The van der Waals surface area contributed by atoms with Gasteiger partial charge in [-0.3, -0.25) is 5.10 Å². The molecule has 0 aliphatic heterocycles. The molecule has 1 aliphatic carbocycles. The Balaban J connectivity index is 1.62. The molecule has 2 atom stereocenters. The van der Waals surface area contributed by atoms with Crippen LogP contribution in [-0.2, 0) is 0 Å². The molecule has 0 spiro atoms. The first-order valence-electron chi connectivity index (χ1n) is 8.60. The Labute approximate surface area is 132 Å². The van der Waals surface area contributed by atoms with Gasteiger partial charge < -0.3 is 10.1 Å². The van der Waals surface area contributed by atoms with E-state index in [1.165, 1.54) is 31.2 Å². The molecule has 1 heterocycles. The van der Waals surface area contributed by atoms with Crippen LogP contribution in [0.15, 0.2) is 18.3 Å². The number of ether oxygens (including phenoxy) is 1. The fraction of sp³-hybridized carbons (Fsp3) is 0.611. The molecule has 1 aromatic heterocycles. The van der Waals surface area contributed by atoms with Gasteiger partial charge in [-0.05, 0) is 57.7 Å². The highest BCUT2D eigenvalue weighted by Gasteiger charge is 2.23. The van der Waals surface area contributed by atoms with Crippen LogP contribution < -0.4 is 10.1 Å². The van der Waals surface area contributed by atoms with E-state index in [4.69, 9.17) is 4.74 Å². The van der Waals surface area contributed by atoms with Crippen LogP contribution in [0.5, 0.6) is 5.75 Å². The number of nitrogens with one attached hydrogen (secondary N) is 2. The summed E-state index contributed by atoms with van der Waals surface area (Å²) in [6.45, 7) is 5.49. The highest BCUT2D eigenvalue weighted by atomic mass is 16.5. The van der Waals surface area contributed by atoms with E-state index in [0.29, 0.717) is 12.1 Å². The minimum atomic E-state index is 0.330. The second kappa shape index (κ2) is 7.14. The first-order valence-corrected chi connectivity index (χ1v) is 8.60. The van der Waals surface area contributed by atoms with Crippen molar-refractivity contribution >= 4 is 10.9 Å². The molecule has 1 fully saturated rings. The average Bonchev–Trinajstić information content (AvgIpc) is 3.00. The van der Waals surface area contributed by atoms with Gasteiger partial charge in [0.2, 0.25) is 0 Å². The Morgan fingerprint density at radius 1 is 1.36 bits per heavy atom. The van der Waals surface area contributed by atoms with E-state index < -0.39 is 0 Å². The molecule has 0 bridgehead atoms. The molecule has 22 heavy (non-hydrogen) atoms. The normalized spacial score (nSPS) is 22.1. The SMILES string of the molecule is CCCCNC1CCCC(Oc2ccc3[nH]ncc3c2C)C1. The topological polar surface area (TPSA) is 49.9 Å². The summed E-state index contributed by atoms with van der Waals surface area (Å²) >= 11 is 0. The summed E-state index contributed by atoms with van der Waals surface area (Å²) in [5.41, 5.74) is 2.26. The predicted octanol–water partition coefficient (Wildman–Crippen LogP) is 3.95. The van der Waals surface area contributed by atoms with Crippen molar-refractivity contribution in [2.24, 2.45) is 0 Å². The van der Waals surface area contributed by atoms with Crippen LogP contribution in [0.25, 0.3) is 10.9 Å². The summed E-state index contributed by atoms with van der Waals surface area (Å²) in [5, 5.41) is 12.0. The molecule has 3 rings (SSSR count). The lowest BCUT2D eigenvalue weighted by Gasteiger charge is -2.30. The van der Waals surface area contributed by atoms with Gasteiger partial charge in [0.25, 0.3) is 0 Å². The van der Waals surface area contributed by atoms with E-state index in [1.54, 1.807) is 0 Å². The van der Waals surface area contributed by atoms with Crippen molar-refractivity contribution in [3.8, 4) is 5.75 Å². The number of aryl methyl sites for hydroxylation is 1. The Hall–Kier alpha value is -1.55. The molecule has 2 aromatic rings. The molecule has 4 nitrogen and oxygen atoms in total. The third-order valence-electron chi connectivity index (χ3n) is 4.73. The number of hydrogen-bond acceptors (Lipinski definition) is 3. The van der Waals surface area contributed by atoms with Gasteiger partial charge in [-0.15, -0.1) is 0 Å². The van der Waals surface area contributed by atoms with Crippen molar-refractivity contribution in [2.45, 2.75) is 64.5 Å². The fourth-order valence-corrected chi connectivity index (χ4v) is 3.37. The first-order chi connectivity index (χ1) is 10.8. The average molecular weight is 301 g/mol. The molecule has 120 valence electrons. The lowest BCUT2D eigenvalue weighted by molar-refractivity contribution is 0.134. The third-order valence-corrected chi connectivity index (χ3v) is 4.73. The van der Waals surface area contributed by atoms with Gasteiger partial charge in [-0.2, -0.15) is 5.10 Å². The quantitative estimate of drug-likeness (QED) is 0.794. The van der Waals surface area contributed by atoms with Crippen LogP contribution in [0.1, 0.15) is 51.0 Å². The van der Waals surface area contributed by atoms with Crippen molar-refractivity contribution in [1.29, 1.82) is 0 Å². The van der Waals surface area contributed by atoms with E-state index in [-0.39, 0.29) is 0 Å². The number of hydrogen-bond donors (Lipinski definition) is 2. The van der Waals surface area contributed by atoms with Crippen LogP contribution >= 0.6 is 0 Å². The number of aromatic nitrogens is 2. The molecule has 1 aromatic carbocycles. The van der Waals surface area contributed by atoms with E-state index in [0.717, 1.165) is 36.0 Å². The van der Waals surface area contributed by atoms with Gasteiger partial charge in [0.15, 0.2) is 0 Å². The Bertz CT molecular complexity index is 607. The maximum absolute atomic E-state index is 6.32. The first kappa shape index (κ1) is 15.3. The predicted molar refractivity (Wildman–Crippen MR) is 90.4 cm³/mol. The van der Waals surface area contributed by atoms with Gasteiger partial charge in [-0.1, -0.05) is 13.3 Å². The second-order valence-electron chi connectivity index (χ2n) is 6.43. The van der Waals surface area contributed by atoms with Gasteiger partial charge in [0, 0.05) is 17.0 Å². The van der Waals surface area contributed by atoms with Crippen molar-refractivity contribution in [3.05, 3.63) is 23.9 Å². The molecule has 0 saturated heterocycles. The standard InChI is InChI=1S/C18H27N3O/c1-3-4-10-19-14-6-5-7-15(11-14)22-18-9-8-17-16(13(18)2)12-20-21-17/h8-9,12,14-15,19H,3-7,10-11H2,1-2H3,(H,20,21). The minimum absolute atomic E-state index is 0.330. The molecular formula is C18H27N3O. The number of unbranched alkanes of at least 4 members (excludes halogenated alkanes) is 1. The largest absolute Gasteiger partial charge is 0.490 e. The molecule has 4 heteroatoms. The zero-order valence-electron chi connectivity index (χ0n) is 13.7. The molecule has 2 N–H and O–H groups in total. The molecular weight excluding hydrogens is 274 g/mol. The van der Waals surface area contributed by atoms with Crippen molar-refractivity contribution < 1.29 is 4.74 Å². The smallest absolute Gasteiger partial charge is 0.123 e. The molecule has 0 radical (unpaired) electrons. The maximum Gasteiger partial charge on any atom is 0.123 e. The Kier molecular flexibility index (Phi) is 4.98. The van der Waals surface area contributed by atoms with Gasteiger partial charge in [0.05, 0.1) is 11.7 Å². The second-order valence-corrected chi connectivity index (χ2v) is 6.43.